The standard InChI is InChI=1S/C14H21NO2S/c1-17-14(16)13(11-6-3-2-4-7-11)15-10-12-8-5-9-18-12/h5,8-9,11,13,15H,2-4,6-7,10H2,1H3. The van der Waals surface area contributed by atoms with Gasteiger partial charge in [0.15, 0.2) is 0 Å². The Bertz CT molecular complexity index is 358. The van der Waals surface area contributed by atoms with Gasteiger partial charge in [0.2, 0.25) is 0 Å². The minimum atomic E-state index is -0.141. The van der Waals surface area contributed by atoms with Gasteiger partial charge in [-0.3, -0.25) is 10.1 Å². The summed E-state index contributed by atoms with van der Waals surface area (Å²) >= 11 is 1.72. The van der Waals surface area contributed by atoms with Gasteiger partial charge in [-0.05, 0) is 30.2 Å². The lowest BCUT2D eigenvalue weighted by molar-refractivity contribution is -0.145. The number of rotatable bonds is 5. The van der Waals surface area contributed by atoms with Crippen LogP contribution in [-0.2, 0) is 16.1 Å². The first-order valence-corrected chi connectivity index (χ1v) is 7.53. The van der Waals surface area contributed by atoms with Crippen molar-refractivity contribution in [3.05, 3.63) is 22.4 Å². The number of carbonyl (C=O) groups excluding carboxylic acids is 1. The van der Waals surface area contributed by atoms with E-state index < -0.39 is 0 Å². The lowest BCUT2D eigenvalue weighted by atomic mass is 9.84. The highest BCUT2D eigenvalue weighted by Gasteiger charge is 2.29. The fraction of sp³-hybridized carbons (Fsp3) is 0.643. The van der Waals surface area contributed by atoms with Gasteiger partial charge in [-0.15, -0.1) is 11.3 Å². The summed E-state index contributed by atoms with van der Waals surface area (Å²) in [6, 6.07) is 3.99. The second-order valence-corrected chi connectivity index (χ2v) is 5.89. The Balaban J connectivity index is 1.93. The molecule has 0 spiro atoms. The first-order chi connectivity index (χ1) is 8.81. The van der Waals surface area contributed by atoms with E-state index in [1.165, 1.54) is 31.2 Å². The molecule has 1 atom stereocenters. The monoisotopic (exact) mass is 267 g/mol. The van der Waals surface area contributed by atoms with Crippen molar-refractivity contribution in [2.24, 2.45) is 5.92 Å². The van der Waals surface area contributed by atoms with Crippen molar-refractivity contribution in [2.75, 3.05) is 7.11 Å². The van der Waals surface area contributed by atoms with E-state index in [0.29, 0.717) is 5.92 Å². The average Bonchev–Trinajstić information content (AvgIpc) is 2.93. The van der Waals surface area contributed by atoms with Crippen LogP contribution in [0.1, 0.15) is 37.0 Å². The molecule has 1 aromatic heterocycles. The number of ether oxygens (including phenoxy) is 1. The summed E-state index contributed by atoms with van der Waals surface area (Å²) in [5.74, 6) is 0.324. The van der Waals surface area contributed by atoms with Crippen LogP contribution >= 0.6 is 11.3 Å². The van der Waals surface area contributed by atoms with Crippen LogP contribution in [0, 0.1) is 5.92 Å². The molecule has 1 saturated carbocycles. The molecule has 1 aliphatic rings. The zero-order valence-corrected chi connectivity index (χ0v) is 11.7. The molecule has 1 unspecified atom stereocenters. The van der Waals surface area contributed by atoms with Crippen LogP contribution < -0.4 is 5.32 Å². The lowest BCUT2D eigenvalue weighted by Gasteiger charge is -2.29. The van der Waals surface area contributed by atoms with E-state index in [2.05, 4.69) is 16.8 Å². The summed E-state index contributed by atoms with van der Waals surface area (Å²) in [4.78, 5) is 13.2. The van der Waals surface area contributed by atoms with E-state index in [9.17, 15) is 4.79 Å². The number of nitrogens with one attached hydrogen (secondary N) is 1. The summed E-state index contributed by atoms with van der Waals surface area (Å²) in [7, 11) is 1.48. The fourth-order valence-electron chi connectivity index (χ4n) is 2.66. The zero-order valence-electron chi connectivity index (χ0n) is 10.9. The number of methoxy groups -OCH3 is 1. The van der Waals surface area contributed by atoms with Crippen LogP contribution in [0.5, 0.6) is 0 Å². The zero-order chi connectivity index (χ0) is 12.8. The topological polar surface area (TPSA) is 38.3 Å². The second kappa shape index (κ2) is 6.90. The molecule has 18 heavy (non-hydrogen) atoms. The molecule has 4 heteroatoms. The molecule has 1 fully saturated rings. The van der Waals surface area contributed by atoms with Crippen LogP contribution in [0.4, 0.5) is 0 Å². The molecular weight excluding hydrogens is 246 g/mol. The summed E-state index contributed by atoms with van der Waals surface area (Å²) in [5.41, 5.74) is 0. The SMILES string of the molecule is COC(=O)C(NCc1cccs1)C1CCCCC1. The third kappa shape index (κ3) is 3.56. The van der Waals surface area contributed by atoms with Crippen molar-refractivity contribution in [3.63, 3.8) is 0 Å². The predicted molar refractivity (Wildman–Crippen MR) is 73.5 cm³/mol. The van der Waals surface area contributed by atoms with Crippen molar-refractivity contribution in [1.82, 2.24) is 5.32 Å². The molecule has 2 rings (SSSR count). The average molecular weight is 267 g/mol. The first kappa shape index (κ1) is 13.6. The van der Waals surface area contributed by atoms with E-state index in [-0.39, 0.29) is 12.0 Å². The summed E-state index contributed by atoms with van der Waals surface area (Å²) in [5, 5.41) is 5.44. The van der Waals surface area contributed by atoms with E-state index in [4.69, 9.17) is 4.74 Å². The van der Waals surface area contributed by atoms with Crippen LogP contribution in [0.2, 0.25) is 0 Å². The van der Waals surface area contributed by atoms with Crippen LogP contribution in [0.25, 0.3) is 0 Å². The molecule has 0 saturated heterocycles. The maximum atomic E-state index is 11.9. The normalized spacial score (nSPS) is 18.5. The number of thiophene rings is 1. The summed E-state index contributed by atoms with van der Waals surface area (Å²) < 4.78 is 4.94. The van der Waals surface area contributed by atoms with Gasteiger partial charge in [-0.25, -0.2) is 0 Å². The summed E-state index contributed by atoms with van der Waals surface area (Å²) in [6.07, 6.45) is 6.04. The predicted octanol–water partition coefficient (Wildman–Crippen LogP) is 2.96. The molecule has 1 N–H and O–H groups in total. The first-order valence-electron chi connectivity index (χ1n) is 6.65. The van der Waals surface area contributed by atoms with Gasteiger partial charge in [0, 0.05) is 11.4 Å². The number of esters is 1. The minimum absolute atomic E-state index is 0.113. The highest BCUT2D eigenvalue weighted by Crippen LogP contribution is 2.27. The molecular formula is C14H21NO2S. The van der Waals surface area contributed by atoms with Crippen molar-refractivity contribution < 1.29 is 9.53 Å². The van der Waals surface area contributed by atoms with Gasteiger partial charge in [0.25, 0.3) is 0 Å². The second-order valence-electron chi connectivity index (χ2n) is 4.86. The molecule has 0 aliphatic heterocycles. The molecule has 3 nitrogen and oxygen atoms in total. The Morgan fingerprint density at radius 3 is 2.89 bits per heavy atom. The Kier molecular flexibility index (Phi) is 5.20. The molecule has 0 amide bonds. The third-order valence-corrected chi connectivity index (χ3v) is 4.53. The number of carbonyl (C=O) groups is 1. The van der Waals surface area contributed by atoms with E-state index >= 15 is 0 Å². The van der Waals surface area contributed by atoms with Crippen molar-refractivity contribution in [3.8, 4) is 0 Å². The van der Waals surface area contributed by atoms with Crippen LogP contribution in [-0.4, -0.2) is 19.1 Å². The molecule has 0 bridgehead atoms. The largest absolute Gasteiger partial charge is 0.468 e. The van der Waals surface area contributed by atoms with Gasteiger partial charge >= 0.3 is 5.97 Å². The molecule has 0 aromatic carbocycles. The van der Waals surface area contributed by atoms with Gasteiger partial charge in [-0.2, -0.15) is 0 Å². The highest BCUT2D eigenvalue weighted by atomic mass is 32.1. The van der Waals surface area contributed by atoms with Gasteiger partial charge in [0.05, 0.1) is 7.11 Å². The molecule has 1 aromatic rings. The highest BCUT2D eigenvalue weighted by molar-refractivity contribution is 7.09. The van der Waals surface area contributed by atoms with Crippen molar-refractivity contribution in [2.45, 2.75) is 44.7 Å². The maximum Gasteiger partial charge on any atom is 0.323 e. The number of hydrogen-bond donors (Lipinski definition) is 1. The van der Waals surface area contributed by atoms with Gasteiger partial charge < -0.3 is 4.74 Å². The fourth-order valence-corrected chi connectivity index (χ4v) is 3.32. The van der Waals surface area contributed by atoms with Crippen molar-refractivity contribution in [1.29, 1.82) is 0 Å². The van der Waals surface area contributed by atoms with Gasteiger partial charge in [0.1, 0.15) is 6.04 Å². The molecule has 0 radical (unpaired) electrons. The van der Waals surface area contributed by atoms with Crippen molar-refractivity contribution >= 4 is 17.3 Å². The Labute approximate surface area is 113 Å². The lowest BCUT2D eigenvalue weighted by Crippen LogP contribution is -2.43. The van der Waals surface area contributed by atoms with Crippen LogP contribution in [0.3, 0.4) is 0 Å². The molecule has 1 aliphatic carbocycles. The number of hydrogen-bond acceptors (Lipinski definition) is 4. The Hall–Kier alpha value is -0.870. The smallest absolute Gasteiger partial charge is 0.323 e. The molecule has 1 heterocycles. The quantitative estimate of drug-likeness (QED) is 0.834. The Morgan fingerprint density at radius 1 is 1.50 bits per heavy atom. The maximum absolute atomic E-state index is 11.9. The van der Waals surface area contributed by atoms with E-state index in [1.807, 2.05) is 6.07 Å². The Morgan fingerprint density at radius 2 is 2.28 bits per heavy atom. The van der Waals surface area contributed by atoms with E-state index in [0.717, 1.165) is 19.4 Å². The summed E-state index contributed by atoms with van der Waals surface area (Å²) in [6.45, 7) is 0.758. The van der Waals surface area contributed by atoms with Gasteiger partial charge in [-0.1, -0.05) is 25.3 Å². The minimum Gasteiger partial charge on any atom is -0.468 e. The van der Waals surface area contributed by atoms with E-state index in [1.54, 1.807) is 11.3 Å². The molecule has 100 valence electrons. The third-order valence-electron chi connectivity index (χ3n) is 3.65. The van der Waals surface area contributed by atoms with Crippen LogP contribution in [0.15, 0.2) is 17.5 Å².